The van der Waals surface area contributed by atoms with Crippen LogP contribution in [0.25, 0.3) is 11.1 Å². The summed E-state index contributed by atoms with van der Waals surface area (Å²) in [6, 6.07) is 13.7. The van der Waals surface area contributed by atoms with Gasteiger partial charge in [0.25, 0.3) is 3.79 Å². The first kappa shape index (κ1) is 21.4. The molecule has 5 nitrogen and oxygen atoms in total. The van der Waals surface area contributed by atoms with Crippen LogP contribution in [-0.2, 0) is 4.79 Å². The highest BCUT2D eigenvalue weighted by atomic mass is 35.6. The smallest absolute Gasteiger partial charge is 0.412 e. The van der Waals surface area contributed by atoms with Gasteiger partial charge in [-0.1, -0.05) is 72.4 Å². The van der Waals surface area contributed by atoms with Crippen molar-refractivity contribution in [2.75, 3.05) is 6.54 Å². The average molecular weight is 431 g/mol. The van der Waals surface area contributed by atoms with Crippen LogP contribution < -0.4 is 14.8 Å². The van der Waals surface area contributed by atoms with Gasteiger partial charge in [-0.05, 0) is 41.8 Å². The van der Waals surface area contributed by atoms with Crippen molar-refractivity contribution in [3.05, 3.63) is 48.5 Å². The Labute approximate surface area is 172 Å². The lowest BCUT2D eigenvalue weighted by Crippen LogP contribution is -2.27. The van der Waals surface area contributed by atoms with Crippen molar-refractivity contribution in [3.8, 4) is 22.6 Å². The van der Waals surface area contributed by atoms with Crippen molar-refractivity contribution in [1.29, 1.82) is 0 Å². The van der Waals surface area contributed by atoms with Gasteiger partial charge in [0.2, 0.25) is 0 Å². The van der Waals surface area contributed by atoms with Crippen LogP contribution in [0.4, 0.5) is 4.79 Å². The van der Waals surface area contributed by atoms with E-state index >= 15 is 0 Å². The number of carbonyl (C=O) groups excluding carboxylic acids is 2. The Morgan fingerprint density at radius 2 is 1.37 bits per heavy atom. The number of hydrogen-bond donors (Lipinski definition) is 1. The minimum absolute atomic E-state index is 0.263. The lowest BCUT2D eigenvalue weighted by molar-refractivity contribution is -0.133. The molecule has 2 aromatic rings. The first-order valence-electron chi connectivity index (χ1n) is 8.25. The summed E-state index contributed by atoms with van der Waals surface area (Å²) in [6.45, 7) is 2.63. The van der Waals surface area contributed by atoms with Crippen molar-refractivity contribution in [2.24, 2.45) is 0 Å². The van der Waals surface area contributed by atoms with Crippen molar-refractivity contribution >= 4 is 46.9 Å². The van der Waals surface area contributed by atoms with Crippen molar-refractivity contribution < 1.29 is 19.1 Å². The summed E-state index contributed by atoms with van der Waals surface area (Å²) in [7, 11) is 0. The molecule has 0 aliphatic carbocycles. The Balaban J connectivity index is 1.96. The molecule has 2 aromatic carbocycles. The highest BCUT2D eigenvalue weighted by molar-refractivity contribution is 6.75. The third-order valence-electron chi connectivity index (χ3n) is 3.49. The summed E-state index contributed by atoms with van der Waals surface area (Å²) in [6.07, 6.45) is 1.43. The molecule has 0 aliphatic rings. The van der Waals surface area contributed by atoms with E-state index in [9.17, 15) is 9.59 Å². The molecule has 0 unspecified atom stereocenters. The van der Waals surface area contributed by atoms with Gasteiger partial charge in [-0.15, -0.1) is 0 Å². The lowest BCUT2D eigenvalue weighted by Gasteiger charge is -2.11. The number of rotatable bonds is 6. The number of ether oxygens (including phenoxy) is 2. The molecule has 2 rings (SSSR count). The van der Waals surface area contributed by atoms with Crippen LogP contribution in [-0.4, -0.2) is 22.4 Å². The topological polar surface area (TPSA) is 64.6 Å². The van der Waals surface area contributed by atoms with Crippen LogP contribution in [0.15, 0.2) is 48.5 Å². The normalized spacial score (nSPS) is 11.0. The van der Waals surface area contributed by atoms with Gasteiger partial charge in [0, 0.05) is 6.54 Å². The summed E-state index contributed by atoms with van der Waals surface area (Å²) < 4.78 is 8.05. The van der Waals surface area contributed by atoms with E-state index in [0.717, 1.165) is 24.0 Å². The third-order valence-corrected chi connectivity index (χ3v) is 3.96. The van der Waals surface area contributed by atoms with E-state index in [2.05, 4.69) is 5.32 Å². The standard InChI is InChI=1S/C19H18Cl3NO4/c1-2-3-12-23-18(25)27-16-10-6-14(7-11-16)13-4-8-15(9-5-13)26-17(24)19(20,21)22/h4-11H,2-3,12H2,1H3,(H,23,25). The molecule has 0 aromatic heterocycles. The van der Waals surface area contributed by atoms with E-state index in [4.69, 9.17) is 44.3 Å². The highest BCUT2D eigenvalue weighted by Crippen LogP contribution is 2.29. The molecule has 0 atom stereocenters. The second-order valence-corrected chi connectivity index (χ2v) is 7.89. The lowest BCUT2D eigenvalue weighted by atomic mass is 10.1. The van der Waals surface area contributed by atoms with Crippen LogP contribution >= 0.6 is 34.8 Å². The number of amides is 1. The zero-order valence-electron chi connectivity index (χ0n) is 14.5. The Kier molecular flexibility index (Phi) is 7.78. The minimum Gasteiger partial charge on any atom is -0.423 e. The molecule has 0 aliphatic heterocycles. The maximum Gasteiger partial charge on any atom is 0.412 e. The predicted molar refractivity (Wildman–Crippen MR) is 107 cm³/mol. The Hall–Kier alpha value is -1.95. The van der Waals surface area contributed by atoms with E-state index in [1.165, 1.54) is 0 Å². The molecule has 0 spiro atoms. The minimum atomic E-state index is -2.13. The third kappa shape index (κ3) is 6.94. The van der Waals surface area contributed by atoms with Crippen molar-refractivity contribution in [3.63, 3.8) is 0 Å². The van der Waals surface area contributed by atoms with Crippen molar-refractivity contribution in [1.82, 2.24) is 5.32 Å². The molecule has 0 bridgehead atoms. The number of unbranched alkanes of at least 4 members (excludes halogenated alkanes) is 1. The van der Waals surface area contributed by atoms with Gasteiger partial charge < -0.3 is 14.8 Å². The maximum atomic E-state index is 11.6. The van der Waals surface area contributed by atoms with Crippen LogP contribution in [0, 0.1) is 0 Å². The summed E-state index contributed by atoms with van der Waals surface area (Å²) in [4.78, 5) is 23.2. The molecule has 0 fully saturated rings. The van der Waals surface area contributed by atoms with Gasteiger partial charge in [-0.2, -0.15) is 0 Å². The number of benzene rings is 2. The summed E-state index contributed by atoms with van der Waals surface area (Å²) in [5.41, 5.74) is 1.77. The molecule has 144 valence electrons. The number of halogens is 3. The molecule has 0 radical (unpaired) electrons. The largest absolute Gasteiger partial charge is 0.423 e. The second-order valence-electron chi connectivity index (χ2n) is 5.61. The van der Waals surface area contributed by atoms with Crippen molar-refractivity contribution in [2.45, 2.75) is 23.6 Å². The second kappa shape index (κ2) is 9.83. The Morgan fingerprint density at radius 3 is 1.81 bits per heavy atom. The Bertz CT molecular complexity index is 771. The first-order chi connectivity index (χ1) is 12.8. The summed E-state index contributed by atoms with van der Waals surface area (Å²) in [5, 5.41) is 2.68. The van der Waals surface area contributed by atoms with E-state index in [1.54, 1.807) is 36.4 Å². The average Bonchev–Trinajstić information content (AvgIpc) is 2.62. The fourth-order valence-electron chi connectivity index (χ4n) is 2.11. The van der Waals surface area contributed by atoms with E-state index < -0.39 is 15.9 Å². The quantitative estimate of drug-likeness (QED) is 0.284. The number of carbonyl (C=O) groups is 2. The number of hydrogen-bond acceptors (Lipinski definition) is 4. The fraction of sp³-hybridized carbons (Fsp3) is 0.263. The predicted octanol–water partition coefficient (Wildman–Crippen LogP) is 5.52. The maximum absolute atomic E-state index is 11.6. The molecule has 1 amide bonds. The fourth-order valence-corrected chi connectivity index (χ4v) is 2.22. The Morgan fingerprint density at radius 1 is 0.889 bits per heavy atom. The van der Waals surface area contributed by atoms with E-state index in [0.29, 0.717) is 12.3 Å². The van der Waals surface area contributed by atoms with E-state index in [1.807, 2.05) is 19.1 Å². The molecule has 0 heterocycles. The molecular weight excluding hydrogens is 413 g/mol. The SMILES string of the molecule is CCCCNC(=O)Oc1ccc(-c2ccc(OC(=O)C(Cl)(Cl)Cl)cc2)cc1. The van der Waals surface area contributed by atoms with Crippen LogP contribution in [0.5, 0.6) is 11.5 Å². The molecule has 27 heavy (non-hydrogen) atoms. The van der Waals surface area contributed by atoms with Gasteiger partial charge in [0.05, 0.1) is 0 Å². The van der Waals surface area contributed by atoms with Gasteiger partial charge in [0.15, 0.2) is 0 Å². The van der Waals surface area contributed by atoms with E-state index in [-0.39, 0.29) is 5.75 Å². The highest BCUT2D eigenvalue weighted by Gasteiger charge is 2.33. The molecule has 8 heteroatoms. The number of nitrogens with one attached hydrogen (secondary N) is 1. The van der Waals surface area contributed by atoms with Crippen LogP contribution in [0.3, 0.4) is 0 Å². The molecular formula is C19H18Cl3NO4. The summed E-state index contributed by atoms with van der Waals surface area (Å²) >= 11 is 16.4. The summed E-state index contributed by atoms with van der Waals surface area (Å²) in [5.74, 6) is -0.265. The van der Waals surface area contributed by atoms with Gasteiger partial charge >= 0.3 is 12.1 Å². The number of esters is 1. The monoisotopic (exact) mass is 429 g/mol. The number of alkyl halides is 3. The molecule has 0 saturated heterocycles. The van der Waals surface area contributed by atoms with Gasteiger partial charge in [-0.25, -0.2) is 9.59 Å². The van der Waals surface area contributed by atoms with Gasteiger partial charge in [-0.3, -0.25) is 0 Å². The molecule has 1 N–H and O–H groups in total. The van der Waals surface area contributed by atoms with Gasteiger partial charge in [0.1, 0.15) is 11.5 Å². The van der Waals surface area contributed by atoms with Crippen LogP contribution in [0.2, 0.25) is 0 Å². The zero-order valence-corrected chi connectivity index (χ0v) is 16.8. The molecule has 0 saturated carbocycles. The zero-order chi connectivity index (χ0) is 19.9. The first-order valence-corrected chi connectivity index (χ1v) is 9.38. The van der Waals surface area contributed by atoms with Crippen LogP contribution in [0.1, 0.15) is 19.8 Å².